The summed E-state index contributed by atoms with van der Waals surface area (Å²) in [5, 5.41) is 31.5. The van der Waals surface area contributed by atoms with Gasteiger partial charge in [0.15, 0.2) is 0 Å². The van der Waals surface area contributed by atoms with Crippen LogP contribution in [0, 0.1) is 22.7 Å². The number of nitrogens with zero attached hydrogens (tertiary/aromatic N) is 9. The summed E-state index contributed by atoms with van der Waals surface area (Å²) in [4.78, 5) is 11.2. The van der Waals surface area contributed by atoms with E-state index in [0.717, 1.165) is 160 Å². The minimum atomic E-state index is -1.09. The molecule has 2 aliphatic rings. The van der Waals surface area contributed by atoms with Crippen molar-refractivity contribution in [2.75, 3.05) is 0 Å². The number of hydrogen-bond acceptors (Lipinski definition) is 5. The molecule has 1 aliphatic heterocycles. The molecule has 0 bridgehead atoms. The number of hydrogen-bond donors (Lipinski definition) is 0. The molecule has 1 unspecified atom stereocenters. The summed E-state index contributed by atoms with van der Waals surface area (Å²) < 4.78 is 19.4. The van der Waals surface area contributed by atoms with Crippen LogP contribution in [0.15, 0.2) is 285 Å². The molecule has 10 nitrogen and oxygen atoms in total. The van der Waals surface area contributed by atoms with E-state index in [1.54, 1.807) is 0 Å². The Hall–Kier alpha value is -13.3. The molecule has 7 aromatic heterocycles. The molecule has 1 aliphatic carbocycles. The Morgan fingerprint density at radius 1 is 0.263 bits per heavy atom. The zero-order valence-electron chi connectivity index (χ0n) is 50.6. The summed E-state index contributed by atoms with van der Waals surface area (Å²) in [7, 11) is 0. The fourth-order valence-electron chi connectivity index (χ4n) is 16.6. The van der Waals surface area contributed by atoms with E-state index in [1.165, 1.54) is 10.8 Å². The summed E-state index contributed by atoms with van der Waals surface area (Å²) >= 11 is 0. The van der Waals surface area contributed by atoms with Crippen LogP contribution in [0.1, 0.15) is 33.4 Å². The largest absolute Gasteiger partial charge is 0.457 e. The van der Waals surface area contributed by atoms with Gasteiger partial charge in [-0.2, -0.15) is 10.5 Å². The second kappa shape index (κ2) is 18.9. The van der Waals surface area contributed by atoms with E-state index >= 15 is 0 Å². The molecule has 0 fully saturated rings. The number of para-hydroxylation sites is 7. The summed E-state index contributed by atoms with van der Waals surface area (Å²) in [5.74, 6) is 1.37. The van der Waals surface area contributed by atoms with Gasteiger partial charge in [-0.15, -0.1) is 0 Å². The Morgan fingerprint density at radius 3 is 0.905 bits per heavy atom. The first kappa shape index (κ1) is 51.5. The summed E-state index contributed by atoms with van der Waals surface area (Å²) in [6, 6.07) is 102. The second-order valence-electron chi connectivity index (χ2n) is 25.1. The third kappa shape index (κ3) is 6.83. The van der Waals surface area contributed by atoms with Crippen LogP contribution in [-0.2, 0) is 5.41 Å². The lowest BCUT2D eigenvalue weighted by Crippen LogP contribution is -2.32. The molecule has 1 spiro atoms. The zero-order chi connectivity index (χ0) is 62.4. The first-order valence-electron chi connectivity index (χ1n) is 31.9. The lowest BCUT2D eigenvalue weighted by molar-refractivity contribution is 0.436. The average molecular weight is 1210 g/mol. The van der Waals surface area contributed by atoms with Crippen molar-refractivity contribution < 1.29 is 4.74 Å². The van der Waals surface area contributed by atoms with Crippen molar-refractivity contribution >= 4 is 109 Å². The lowest BCUT2D eigenvalue weighted by Gasteiger charge is -2.39. The summed E-state index contributed by atoms with van der Waals surface area (Å²) in [5.41, 5.74) is 20.7. The first-order valence-corrected chi connectivity index (χ1v) is 31.9. The van der Waals surface area contributed by atoms with Crippen LogP contribution in [0.5, 0.6) is 11.5 Å². The monoisotopic (exact) mass is 1210 g/mol. The highest BCUT2D eigenvalue weighted by molar-refractivity contribution is 6.14. The van der Waals surface area contributed by atoms with Crippen LogP contribution >= 0.6 is 0 Å². The van der Waals surface area contributed by atoms with Crippen LogP contribution < -0.4 is 4.74 Å². The van der Waals surface area contributed by atoms with Gasteiger partial charge in [0.05, 0.1) is 119 Å². The van der Waals surface area contributed by atoms with Gasteiger partial charge in [0, 0.05) is 105 Å². The van der Waals surface area contributed by atoms with E-state index < -0.39 is 5.41 Å². The number of pyridine rings is 2. The van der Waals surface area contributed by atoms with Crippen LogP contribution in [0.4, 0.5) is 0 Å². The van der Waals surface area contributed by atoms with Gasteiger partial charge in [-0.25, -0.2) is 0 Å². The molecular formula is C85H47N9O. The molecule has 0 saturated carbocycles. The number of ether oxygens (including phenoxy) is 1. The van der Waals surface area contributed by atoms with Gasteiger partial charge >= 0.3 is 0 Å². The van der Waals surface area contributed by atoms with Gasteiger partial charge in [-0.1, -0.05) is 140 Å². The standard InChI is InChI=1S/C85H47N9O/c86-46-50-29-36-78-64(39-50)61-19-5-12-26-75(61)91(78)53-31-34-67-81(44-53)95-82-45-54(92-76-27-13-7-21-63(76)66-41-52(33-38-80(66)92)90-71-22-8-1-15-57(71)58-16-2-9-23-72(58)90)32-35-68(82)85(67)69-42-55(93-73-24-10-3-17-59(73)60-18-4-11-25-74(60)93)48-88-83(69)84-70(85)43-56(49-89-84)94-77-28-14-6-20-62(77)65-40-51(47-87)30-37-79(65)94/h1-45,48-49H. The Bertz CT molecular complexity index is 6650. The molecule has 438 valence electrons. The maximum Gasteiger partial charge on any atom is 0.134 e. The van der Waals surface area contributed by atoms with E-state index in [-0.39, 0.29) is 0 Å². The topological polar surface area (TPSA) is 107 Å². The van der Waals surface area contributed by atoms with E-state index in [0.29, 0.717) is 22.6 Å². The molecule has 21 rings (SSSR count). The summed E-state index contributed by atoms with van der Waals surface area (Å²) in [6.07, 6.45) is 3.99. The van der Waals surface area contributed by atoms with Crippen molar-refractivity contribution in [2.24, 2.45) is 0 Å². The SMILES string of the molecule is N#Cc1ccc2c(c1)c1ccccc1n2-c1ccc2c(c1)Oc1cc(-n3c4ccccc4c4cc(-n5c6ccccc6c6ccccc65)ccc43)ccc1C21c2cc(-n3c4ccccc4c4ccccc43)cnc2-c2ncc(-n3c4ccccc4c4cc(C#N)ccc43)cc21. The minimum absolute atomic E-state index is 0.596. The maximum atomic E-state index is 10.2. The fourth-order valence-corrected chi connectivity index (χ4v) is 16.6. The summed E-state index contributed by atoms with van der Waals surface area (Å²) in [6.45, 7) is 0. The molecule has 12 aromatic carbocycles. The third-order valence-corrected chi connectivity index (χ3v) is 20.4. The Labute approximate surface area is 541 Å². The molecule has 0 amide bonds. The fraction of sp³-hybridized carbons (Fsp3) is 0.0118. The molecule has 10 heteroatoms. The Balaban J connectivity index is 0.857. The van der Waals surface area contributed by atoms with Crippen molar-refractivity contribution in [3.63, 3.8) is 0 Å². The average Bonchev–Trinajstić information content (AvgIpc) is 1.57. The smallest absolute Gasteiger partial charge is 0.134 e. The Kier molecular flexibility index (Phi) is 10.2. The van der Waals surface area contributed by atoms with Gasteiger partial charge < -0.3 is 27.6 Å². The minimum Gasteiger partial charge on any atom is -0.457 e. The molecule has 0 saturated heterocycles. The van der Waals surface area contributed by atoms with Crippen molar-refractivity contribution in [2.45, 2.75) is 5.41 Å². The molecule has 95 heavy (non-hydrogen) atoms. The third-order valence-electron chi connectivity index (χ3n) is 20.4. The van der Waals surface area contributed by atoms with E-state index in [1.807, 2.05) is 36.7 Å². The number of aromatic nitrogens is 7. The normalized spacial score (nSPS) is 14.0. The van der Waals surface area contributed by atoms with Crippen LogP contribution in [0.25, 0.3) is 149 Å². The lowest BCUT2D eigenvalue weighted by atomic mass is 9.66. The van der Waals surface area contributed by atoms with E-state index in [4.69, 9.17) is 14.7 Å². The number of nitriles is 2. The van der Waals surface area contributed by atoms with Crippen LogP contribution in [-0.4, -0.2) is 32.8 Å². The maximum absolute atomic E-state index is 10.2. The van der Waals surface area contributed by atoms with Gasteiger partial charge in [-0.05, 0) is 121 Å². The zero-order valence-corrected chi connectivity index (χ0v) is 50.6. The predicted molar refractivity (Wildman–Crippen MR) is 381 cm³/mol. The molecular weight excluding hydrogens is 1160 g/mol. The van der Waals surface area contributed by atoms with Crippen molar-refractivity contribution in [1.29, 1.82) is 10.5 Å². The number of fused-ring (bicyclic) bond motifs is 24. The van der Waals surface area contributed by atoms with Gasteiger partial charge in [0.25, 0.3) is 0 Å². The van der Waals surface area contributed by atoms with E-state index in [9.17, 15) is 10.5 Å². The van der Waals surface area contributed by atoms with Gasteiger partial charge in [0.1, 0.15) is 11.5 Å². The van der Waals surface area contributed by atoms with Gasteiger partial charge in [-0.3, -0.25) is 9.97 Å². The highest BCUT2D eigenvalue weighted by atomic mass is 16.5. The second-order valence-corrected chi connectivity index (χ2v) is 25.1. The van der Waals surface area contributed by atoms with E-state index in [2.05, 4.69) is 284 Å². The van der Waals surface area contributed by atoms with Gasteiger partial charge in [0.2, 0.25) is 0 Å². The first-order chi connectivity index (χ1) is 47.0. The number of rotatable bonds is 5. The van der Waals surface area contributed by atoms with Crippen molar-refractivity contribution in [3.05, 3.63) is 319 Å². The van der Waals surface area contributed by atoms with Crippen molar-refractivity contribution in [1.82, 2.24) is 32.8 Å². The predicted octanol–water partition coefficient (Wildman–Crippen LogP) is 20.2. The van der Waals surface area contributed by atoms with Crippen LogP contribution in [0.2, 0.25) is 0 Å². The Morgan fingerprint density at radius 2 is 0.547 bits per heavy atom. The molecule has 1 atom stereocenters. The molecule has 19 aromatic rings. The molecule has 8 heterocycles. The highest BCUT2D eigenvalue weighted by Gasteiger charge is 2.53. The number of benzene rings is 12. The quantitative estimate of drug-likeness (QED) is 0.171. The molecule has 0 N–H and O–H groups in total. The van der Waals surface area contributed by atoms with Crippen molar-refractivity contribution in [3.8, 4) is 63.5 Å². The molecule has 0 radical (unpaired) electrons. The van der Waals surface area contributed by atoms with Crippen LogP contribution in [0.3, 0.4) is 0 Å². The highest BCUT2D eigenvalue weighted by Crippen LogP contribution is 2.63.